The van der Waals surface area contributed by atoms with Gasteiger partial charge in [0.25, 0.3) is 0 Å². The molecule has 0 aromatic carbocycles. The molecule has 0 amide bonds. The summed E-state index contributed by atoms with van der Waals surface area (Å²) in [6.07, 6.45) is 3.52. The van der Waals surface area contributed by atoms with Crippen LogP contribution in [0.2, 0.25) is 0 Å². The van der Waals surface area contributed by atoms with Crippen LogP contribution >= 0.6 is 24.0 Å². The summed E-state index contributed by atoms with van der Waals surface area (Å²) >= 11 is 5.60. The Balaban J connectivity index is 0. The normalized spacial score (nSPS) is 8.50. The fourth-order valence-electron chi connectivity index (χ4n) is 0.508. The van der Waals surface area contributed by atoms with Gasteiger partial charge in [-0.3, -0.25) is 0 Å². The smallest absolute Gasteiger partial charge is 0.860 e. The summed E-state index contributed by atoms with van der Waals surface area (Å²) in [6, 6.07) is 0. The molecule has 0 aromatic heterocycles. The number of unbranched alkanes of at least 4 members (excludes halogenated alkanes) is 2. The van der Waals surface area contributed by atoms with E-state index in [4.69, 9.17) is 0 Å². The van der Waals surface area contributed by atoms with Gasteiger partial charge in [0.15, 0.2) is 0 Å². The van der Waals surface area contributed by atoms with E-state index in [9.17, 15) is 5.11 Å². The van der Waals surface area contributed by atoms with E-state index in [-0.39, 0.29) is 55.8 Å². The SMILES string of the molecule is CCCCCSC([O-])=S.[K+]. The zero-order valence-corrected chi connectivity index (χ0v) is 11.3. The Morgan fingerprint density at radius 2 is 2.10 bits per heavy atom. The fourth-order valence-corrected chi connectivity index (χ4v) is 1.27. The van der Waals surface area contributed by atoms with Crippen molar-refractivity contribution >= 4 is 28.4 Å². The van der Waals surface area contributed by atoms with E-state index >= 15 is 0 Å². The van der Waals surface area contributed by atoms with Crippen molar-refractivity contribution in [3.8, 4) is 0 Å². The van der Waals surface area contributed by atoms with Crippen molar-refractivity contribution in [1.82, 2.24) is 0 Å². The number of hydrogen-bond acceptors (Lipinski definition) is 3. The predicted molar refractivity (Wildman–Crippen MR) is 44.6 cm³/mol. The monoisotopic (exact) mass is 202 g/mol. The van der Waals surface area contributed by atoms with Crippen LogP contribution in [0.15, 0.2) is 0 Å². The van der Waals surface area contributed by atoms with Crippen LogP contribution in [0.1, 0.15) is 26.2 Å². The van der Waals surface area contributed by atoms with Crippen molar-refractivity contribution in [2.75, 3.05) is 5.75 Å². The van der Waals surface area contributed by atoms with Gasteiger partial charge >= 0.3 is 51.4 Å². The van der Waals surface area contributed by atoms with Gasteiger partial charge in [0.1, 0.15) is 0 Å². The minimum Gasteiger partial charge on any atom is -0.860 e. The Labute approximate surface area is 115 Å². The van der Waals surface area contributed by atoms with Gasteiger partial charge in [0, 0.05) is 0 Å². The Bertz CT molecular complexity index is 87.8. The summed E-state index contributed by atoms with van der Waals surface area (Å²) in [5.41, 5.74) is 0. The van der Waals surface area contributed by atoms with E-state index < -0.39 is 0 Å². The maximum Gasteiger partial charge on any atom is 1.00 e. The molecule has 4 heteroatoms. The first-order chi connectivity index (χ1) is 4.27. The standard InChI is InChI=1S/C6H12OS2.K/c1-2-3-4-5-9-6(7)8;/h2-5H2,1H3,(H,7,8);/q;+1/p-1. The second kappa shape index (κ2) is 10.9. The van der Waals surface area contributed by atoms with E-state index in [0.717, 1.165) is 12.2 Å². The van der Waals surface area contributed by atoms with Crippen LogP contribution in [0.25, 0.3) is 0 Å². The summed E-state index contributed by atoms with van der Waals surface area (Å²) < 4.78 is -0.175. The molecule has 0 bridgehead atoms. The summed E-state index contributed by atoms with van der Waals surface area (Å²) in [5.74, 6) is 0.899. The predicted octanol–water partition coefficient (Wildman–Crippen LogP) is -1.44. The Morgan fingerprint density at radius 1 is 1.50 bits per heavy atom. The molecule has 54 valence electrons. The molecule has 0 spiro atoms. The van der Waals surface area contributed by atoms with E-state index in [0.29, 0.717) is 0 Å². The summed E-state index contributed by atoms with van der Waals surface area (Å²) in [6.45, 7) is 2.14. The quantitative estimate of drug-likeness (QED) is 0.317. The number of thiocarbonyl (C=S) groups is 1. The molecule has 0 aliphatic rings. The van der Waals surface area contributed by atoms with Crippen molar-refractivity contribution < 1.29 is 56.5 Å². The Kier molecular flexibility index (Phi) is 15.7. The van der Waals surface area contributed by atoms with Gasteiger partial charge in [-0.2, -0.15) is 0 Å². The molecule has 0 aliphatic heterocycles. The zero-order valence-electron chi connectivity index (χ0n) is 6.55. The fraction of sp³-hybridized carbons (Fsp3) is 0.833. The van der Waals surface area contributed by atoms with Crippen LogP contribution in [0.4, 0.5) is 0 Å². The Hall–Kier alpha value is 1.88. The average Bonchev–Trinajstić information content (AvgIpc) is 1.80. The van der Waals surface area contributed by atoms with Crippen molar-refractivity contribution in [2.45, 2.75) is 26.2 Å². The molecule has 0 aromatic rings. The van der Waals surface area contributed by atoms with Gasteiger partial charge in [-0.15, -0.1) is 11.8 Å². The molecule has 0 aliphatic carbocycles. The van der Waals surface area contributed by atoms with Crippen molar-refractivity contribution in [1.29, 1.82) is 0 Å². The second-order valence-electron chi connectivity index (χ2n) is 1.81. The van der Waals surface area contributed by atoms with Crippen molar-refractivity contribution in [3.05, 3.63) is 0 Å². The van der Waals surface area contributed by atoms with E-state index in [1.165, 1.54) is 24.6 Å². The molecule has 0 saturated heterocycles. The zero-order chi connectivity index (χ0) is 7.11. The minimum absolute atomic E-state index is 0. The molecule has 1 nitrogen and oxygen atoms in total. The molecule has 0 heterocycles. The maximum atomic E-state index is 10.2. The third kappa shape index (κ3) is 12.5. The first kappa shape index (κ1) is 14.4. The van der Waals surface area contributed by atoms with Crippen LogP contribution in [-0.2, 0) is 0 Å². The van der Waals surface area contributed by atoms with Crippen LogP contribution in [0.5, 0.6) is 0 Å². The molecule has 0 unspecified atom stereocenters. The molecule has 0 saturated carbocycles. The van der Waals surface area contributed by atoms with Crippen LogP contribution < -0.4 is 56.5 Å². The summed E-state index contributed by atoms with van der Waals surface area (Å²) in [4.78, 5) is 0. The first-order valence-corrected chi connectivity index (χ1v) is 4.50. The molecular formula is C6H11KOS2. The van der Waals surface area contributed by atoms with E-state index in [2.05, 4.69) is 19.1 Å². The molecule has 0 N–H and O–H groups in total. The second-order valence-corrected chi connectivity index (χ2v) is 3.50. The molecule has 0 fully saturated rings. The summed E-state index contributed by atoms with van der Waals surface area (Å²) in [5, 5.41) is 10.2. The van der Waals surface area contributed by atoms with Gasteiger partial charge in [-0.1, -0.05) is 32.0 Å². The van der Waals surface area contributed by atoms with E-state index in [1.54, 1.807) is 0 Å². The van der Waals surface area contributed by atoms with Crippen molar-refractivity contribution in [2.24, 2.45) is 0 Å². The molecule has 0 radical (unpaired) electrons. The molecule has 0 rings (SSSR count). The number of rotatable bonds is 4. The van der Waals surface area contributed by atoms with Crippen molar-refractivity contribution in [3.63, 3.8) is 0 Å². The maximum absolute atomic E-state index is 10.2. The Morgan fingerprint density at radius 3 is 2.50 bits per heavy atom. The number of thioether (sulfide) groups is 1. The van der Waals surface area contributed by atoms with Gasteiger partial charge in [-0.25, -0.2) is 0 Å². The molecule has 10 heavy (non-hydrogen) atoms. The largest absolute Gasteiger partial charge is 1.00 e. The molecular weight excluding hydrogens is 191 g/mol. The average molecular weight is 202 g/mol. The van der Waals surface area contributed by atoms with Gasteiger partial charge < -0.3 is 5.11 Å². The number of hydrogen-bond donors (Lipinski definition) is 0. The van der Waals surface area contributed by atoms with Gasteiger partial charge in [0.05, 0.1) is 0 Å². The first-order valence-electron chi connectivity index (χ1n) is 3.11. The van der Waals surface area contributed by atoms with Crippen LogP contribution in [0.3, 0.4) is 0 Å². The topological polar surface area (TPSA) is 23.1 Å². The van der Waals surface area contributed by atoms with Gasteiger partial charge in [-0.05, 0) is 16.6 Å². The summed E-state index contributed by atoms with van der Waals surface area (Å²) in [7, 11) is 0. The van der Waals surface area contributed by atoms with Gasteiger partial charge in [0.2, 0.25) is 0 Å². The van der Waals surface area contributed by atoms with E-state index in [1.807, 2.05) is 0 Å². The van der Waals surface area contributed by atoms with Crippen LogP contribution in [0, 0.1) is 0 Å². The molecule has 0 atom stereocenters. The van der Waals surface area contributed by atoms with Crippen LogP contribution in [-0.4, -0.2) is 10.1 Å². The third-order valence-electron chi connectivity index (χ3n) is 0.968. The third-order valence-corrected chi connectivity index (χ3v) is 2.05. The minimum atomic E-state index is -0.175.